The molecule has 31 heavy (non-hydrogen) atoms. The molecule has 0 N–H and O–H groups in total. The molecule has 2 heterocycles. The van der Waals surface area contributed by atoms with E-state index in [0.717, 1.165) is 35.3 Å². The Morgan fingerprint density at radius 2 is 1.74 bits per heavy atom. The summed E-state index contributed by atoms with van der Waals surface area (Å²) in [6.45, 7) is 16.0. The van der Waals surface area contributed by atoms with E-state index in [1.165, 1.54) is 32.6 Å². The Hall–Kier alpha value is -1.74. The fraction of sp³-hybridized carbons (Fsp3) is 0.370. The van der Waals surface area contributed by atoms with Crippen LogP contribution in [-0.4, -0.2) is 13.1 Å². The normalized spacial score (nSPS) is 12.0. The third-order valence-corrected chi connectivity index (χ3v) is 8.29. The van der Waals surface area contributed by atoms with Crippen molar-refractivity contribution in [1.82, 2.24) is 4.98 Å². The molecular weight excluding hydrogens is 575 g/mol. The van der Waals surface area contributed by atoms with Crippen molar-refractivity contribution in [2.24, 2.45) is 0 Å². The molecule has 2 nitrogen and oxygen atoms in total. The average molecular weight is 607 g/mol. The van der Waals surface area contributed by atoms with Gasteiger partial charge in [-0.15, -0.1) is 17.3 Å². The monoisotopic (exact) mass is 607 g/mol. The van der Waals surface area contributed by atoms with E-state index in [0.29, 0.717) is 5.92 Å². The second-order valence-electron chi connectivity index (χ2n) is 9.58. The van der Waals surface area contributed by atoms with Crippen LogP contribution < -0.4 is 5.19 Å². The molecule has 4 heteroatoms. The van der Waals surface area contributed by atoms with Crippen molar-refractivity contribution in [3.05, 3.63) is 59.3 Å². The van der Waals surface area contributed by atoms with Crippen LogP contribution in [-0.2, 0) is 20.1 Å². The number of fused-ring (bicyclic) bond motifs is 3. The van der Waals surface area contributed by atoms with Gasteiger partial charge in [0.2, 0.25) is 0 Å². The van der Waals surface area contributed by atoms with Crippen LogP contribution in [0.25, 0.3) is 33.2 Å². The van der Waals surface area contributed by atoms with E-state index in [1.807, 2.05) is 6.20 Å². The third kappa shape index (κ3) is 4.31. The first-order valence-corrected chi connectivity index (χ1v) is 14.6. The van der Waals surface area contributed by atoms with Crippen LogP contribution in [0.1, 0.15) is 49.3 Å². The molecule has 4 rings (SSSR count). The number of furan rings is 1. The summed E-state index contributed by atoms with van der Waals surface area (Å²) in [7, 11) is -1.59. The first-order chi connectivity index (χ1) is 14.2. The topological polar surface area (TPSA) is 26.0 Å². The molecule has 0 aliphatic rings. The minimum absolute atomic E-state index is 0. The number of pyridine rings is 1. The molecule has 0 bridgehead atoms. The Balaban J connectivity index is 0.00000272. The van der Waals surface area contributed by atoms with Crippen molar-refractivity contribution >= 4 is 35.2 Å². The Morgan fingerprint density at radius 3 is 2.39 bits per heavy atom. The van der Waals surface area contributed by atoms with E-state index in [2.05, 4.69) is 83.7 Å². The summed E-state index contributed by atoms with van der Waals surface area (Å²) >= 11 is 0. The van der Waals surface area contributed by atoms with Crippen molar-refractivity contribution in [2.45, 2.75) is 66.1 Å². The molecule has 0 aliphatic carbocycles. The van der Waals surface area contributed by atoms with Gasteiger partial charge in [0.25, 0.3) is 0 Å². The van der Waals surface area contributed by atoms with Gasteiger partial charge in [0.05, 0.1) is 5.58 Å². The van der Waals surface area contributed by atoms with Crippen LogP contribution >= 0.6 is 0 Å². The number of hydrogen-bond acceptors (Lipinski definition) is 2. The average Bonchev–Trinajstić information content (AvgIpc) is 3.07. The third-order valence-electron chi connectivity index (χ3n) is 6.28. The van der Waals surface area contributed by atoms with E-state index in [-0.39, 0.29) is 20.1 Å². The van der Waals surface area contributed by atoms with E-state index in [9.17, 15) is 0 Å². The molecule has 2 aromatic heterocycles. The van der Waals surface area contributed by atoms with Crippen LogP contribution in [0.15, 0.2) is 40.9 Å². The summed E-state index contributed by atoms with van der Waals surface area (Å²) < 4.78 is 6.56. The summed E-state index contributed by atoms with van der Waals surface area (Å²) in [5.74, 6) is 0.559. The second-order valence-corrected chi connectivity index (χ2v) is 14.6. The van der Waals surface area contributed by atoms with Gasteiger partial charge >= 0.3 is 0 Å². The summed E-state index contributed by atoms with van der Waals surface area (Å²) in [6, 6.07) is 14.7. The molecule has 0 saturated carbocycles. The van der Waals surface area contributed by atoms with Gasteiger partial charge in [-0.2, -0.15) is 0 Å². The quantitative estimate of drug-likeness (QED) is 0.174. The molecule has 165 valence electrons. The van der Waals surface area contributed by atoms with Crippen molar-refractivity contribution < 1.29 is 24.5 Å². The number of benzene rings is 2. The van der Waals surface area contributed by atoms with Crippen LogP contribution in [0.3, 0.4) is 0 Å². The first kappa shape index (κ1) is 23.9. The molecule has 0 fully saturated rings. The standard InChI is InChI=1S/C27H32NOSi.Ir/c1-8-19(9-2)20-12-13-28-23(16-20)21-10-11-24(30(5,6)7)25-22-15-17(3)14-18(4)26(22)29-27(21)25;/h11-16,19H,8-9H2,1-7H3;/q-1;. The molecule has 2 aromatic carbocycles. The van der Waals surface area contributed by atoms with Gasteiger partial charge in [0, 0.05) is 39.8 Å². The van der Waals surface area contributed by atoms with E-state index in [1.54, 1.807) is 0 Å². The zero-order valence-electron chi connectivity index (χ0n) is 19.6. The predicted octanol–water partition coefficient (Wildman–Crippen LogP) is 7.51. The largest absolute Gasteiger partial charge is 0.500 e. The molecular formula is C27H32IrNOSi-. The molecule has 0 atom stereocenters. The van der Waals surface area contributed by atoms with Gasteiger partial charge in [-0.3, -0.25) is 0 Å². The Morgan fingerprint density at radius 1 is 1.03 bits per heavy atom. The van der Waals surface area contributed by atoms with Crippen molar-refractivity contribution in [3.8, 4) is 11.3 Å². The van der Waals surface area contributed by atoms with Gasteiger partial charge in [-0.25, -0.2) is 0 Å². The molecule has 0 aliphatic heterocycles. The number of aryl methyl sites for hydroxylation is 2. The summed E-state index contributed by atoms with van der Waals surface area (Å²) in [5.41, 5.74) is 7.68. The van der Waals surface area contributed by atoms with Gasteiger partial charge < -0.3 is 9.40 Å². The number of rotatable bonds is 5. The SMILES string of the molecule is CCC(CC)c1ccnc(-c2[c-]cc([Si](C)(C)C)c3c2oc2c(C)cc(C)cc23)c1.[Ir]. The van der Waals surface area contributed by atoms with Crippen LogP contribution in [0.4, 0.5) is 0 Å². The van der Waals surface area contributed by atoms with Crippen LogP contribution in [0, 0.1) is 19.9 Å². The Labute approximate surface area is 200 Å². The molecule has 1 radical (unpaired) electrons. The van der Waals surface area contributed by atoms with Gasteiger partial charge in [0.1, 0.15) is 5.58 Å². The van der Waals surface area contributed by atoms with Gasteiger partial charge in [0.15, 0.2) is 0 Å². The van der Waals surface area contributed by atoms with Crippen LogP contribution in [0.2, 0.25) is 19.6 Å². The van der Waals surface area contributed by atoms with E-state index < -0.39 is 8.07 Å². The van der Waals surface area contributed by atoms with Crippen molar-refractivity contribution in [3.63, 3.8) is 0 Å². The summed E-state index contributed by atoms with van der Waals surface area (Å²) in [4.78, 5) is 4.73. The molecule has 0 saturated heterocycles. The first-order valence-electron chi connectivity index (χ1n) is 11.1. The van der Waals surface area contributed by atoms with E-state index >= 15 is 0 Å². The maximum Gasteiger partial charge on any atom is 0.123 e. The summed E-state index contributed by atoms with van der Waals surface area (Å²) in [5, 5.41) is 3.90. The molecule has 0 spiro atoms. The van der Waals surface area contributed by atoms with Crippen molar-refractivity contribution in [1.29, 1.82) is 0 Å². The minimum atomic E-state index is -1.59. The smallest absolute Gasteiger partial charge is 0.123 e. The maximum absolute atomic E-state index is 6.56. The minimum Gasteiger partial charge on any atom is -0.500 e. The number of hydrogen-bond donors (Lipinski definition) is 0. The fourth-order valence-corrected chi connectivity index (χ4v) is 6.16. The molecule has 0 unspecified atom stereocenters. The maximum atomic E-state index is 6.56. The van der Waals surface area contributed by atoms with E-state index in [4.69, 9.17) is 9.40 Å². The summed E-state index contributed by atoms with van der Waals surface area (Å²) in [6.07, 6.45) is 4.21. The predicted molar refractivity (Wildman–Crippen MR) is 132 cm³/mol. The van der Waals surface area contributed by atoms with Gasteiger partial charge in [-0.1, -0.05) is 67.7 Å². The zero-order valence-corrected chi connectivity index (χ0v) is 23.0. The van der Waals surface area contributed by atoms with Gasteiger partial charge in [-0.05, 0) is 56.0 Å². The van der Waals surface area contributed by atoms with Crippen molar-refractivity contribution in [2.75, 3.05) is 0 Å². The number of nitrogens with zero attached hydrogens (tertiary/aromatic N) is 1. The second kappa shape index (κ2) is 9.01. The molecule has 4 aromatic rings. The Bertz CT molecular complexity index is 1230. The zero-order chi connectivity index (χ0) is 21.6. The number of aromatic nitrogens is 1. The molecule has 0 amide bonds. The Kier molecular flexibility index (Phi) is 6.95. The fourth-order valence-electron chi connectivity index (χ4n) is 4.66. The van der Waals surface area contributed by atoms with Crippen LogP contribution in [0.5, 0.6) is 0 Å².